The van der Waals surface area contributed by atoms with E-state index in [0.717, 1.165) is 12.1 Å². The number of aromatic nitrogens is 5. The van der Waals surface area contributed by atoms with Crippen LogP contribution in [-0.4, -0.2) is 23.5 Å². The molecule has 7 heteroatoms. The molecule has 0 aromatic carbocycles. The molecule has 1 atom stereocenters. The molecule has 20 heavy (non-hydrogen) atoms. The molecule has 3 aromatic rings. The highest BCUT2D eigenvalue weighted by Crippen LogP contribution is 2.21. The molecule has 0 bridgehead atoms. The monoisotopic (exact) mass is 275 g/mol. The lowest BCUT2D eigenvalue weighted by Crippen LogP contribution is -2.28. The van der Waals surface area contributed by atoms with Crippen LogP contribution in [0.25, 0.3) is 16.9 Å². The molecule has 106 valence electrons. The zero-order valence-electron chi connectivity index (χ0n) is 12.0. The van der Waals surface area contributed by atoms with Crippen molar-refractivity contribution in [2.45, 2.75) is 33.2 Å². The first-order valence-corrected chi connectivity index (χ1v) is 6.64. The predicted octanol–water partition coefficient (Wildman–Crippen LogP) is 0.955. The lowest BCUT2D eigenvalue weighted by atomic mass is 10.2. The van der Waals surface area contributed by atoms with Crippen molar-refractivity contribution >= 4 is 16.9 Å². The zero-order valence-corrected chi connectivity index (χ0v) is 12.0. The van der Waals surface area contributed by atoms with Gasteiger partial charge in [0.2, 0.25) is 5.78 Å². The first-order valence-electron chi connectivity index (χ1n) is 6.64. The minimum absolute atomic E-state index is 0.278. The molecule has 0 saturated heterocycles. The Morgan fingerprint density at radius 3 is 2.75 bits per heavy atom. The average molecular weight is 275 g/mol. The molecule has 0 saturated carbocycles. The highest BCUT2D eigenvalue weighted by atomic mass is 16.2. The fourth-order valence-corrected chi connectivity index (χ4v) is 2.62. The maximum Gasteiger partial charge on any atom is 0.329 e. The van der Waals surface area contributed by atoms with Gasteiger partial charge >= 0.3 is 5.69 Å². The van der Waals surface area contributed by atoms with Crippen LogP contribution >= 0.6 is 0 Å². The molecule has 0 spiro atoms. The Balaban J connectivity index is 2.54. The molecule has 3 rings (SSSR count). The maximum atomic E-state index is 12.0. The minimum atomic E-state index is -0.449. The van der Waals surface area contributed by atoms with E-state index in [4.69, 9.17) is 0 Å². The molecule has 0 aliphatic rings. The van der Waals surface area contributed by atoms with Crippen LogP contribution in [0.15, 0.2) is 15.8 Å². The van der Waals surface area contributed by atoms with Gasteiger partial charge in [0.1, 0.15) is 0 Å². The molecule has 3 aromatic heterocycles. The molecule has 1 N–H and O–H groups in total. The second-order valence-corrected chi connectivity index (χ2v) is 5.17. The second-order valence-electron chi connectivity index (χ2n) is 5.17. The van der Waals surface area contributed by atoms with Gasteiger partial charge in [0.25, 0.3) is 5.56 Å². The maximum absolute atomic E-state index is 12.0. The van der Waals surface area contributed by atoms with E-state index < -0.39 is 11.2 Å². The van der Waals surface area contributed by atoms with Crippen molar-refractivity contribution in [1.82, 2.24) is 23.5 Å². The van der Waals surface area contributed by atoms with Gasteiger partial charge in [0, 0.05) is 25.0 Å². The molecule has 1 unspecified atom stereocenters. The second kappa shape index (κ2) is 4.09. The van der Waals surface area contributed by atoms with Gasteiger partial charge < -0.3 is 4.57 Å². The van der Waals surface area contributed by atoms with Crippen molar-refractivity contribution in [2.75, 3.05) is 0 Å². The third-order valence-electron chi connectivity index (χ3n) is 3.87. The summed E-state index contributed by atoms with van der Waals surface area (Å²) in [5.74, 6) is 0.693. The molecule has 7 nitrogen and oxygen atoms in total. The lowest BCUT2D eigenvalue weighted by molar-refractivity contribution is 0.532. The zero-order chi connectivity index (χ0) is 14.6. The fraction of sp³-hybridized carbons (Fsp3) is 0.462. The topological polar surface area (TPSA) is 77.1 Å². The third kappa shape index (κ3) is 1.49. The number of aryl methyl sites for hydroxylation is 2. The number of aromatic amines is 1. The number of nitrogens with one attached hydrogen (secondary N) is 1. The van der Waals surface area contributed by atoms with E-state index >= 15 is 0 Å². The molecule has 3 heterocycles. The van der Waals surface area contributed by atoms with E-state index in [2.05, 4.69) is 28.4 Å². The first kappa shape index (κ1) is 12.7. The summed E-state index contributed by atoms with van der Waals surface area (Å²) in [7, 11) is 1.60. The van der Waals surface area contributed by atoms with E-state index in [0.29, 0.717) is 16.9 Å². The Morgan fingerprint density at radius 1 is 1.40 bits per heavy atom. The Bertz CT molecular complexity index is 924. The van der Waals surface area contributed by atoms with E-state index in [1.165, 1.54) is 4.57 Å². The van der Waals surface area contributed by atoms with Crippen molar-refractivity contribution in [1.29, 1.82) is 0 Å². The van der Waals surface area contributed by atoms with Crippen LogP contribution in [0.4, 0.5) is 0 Å². The predicted molar refractivity (Wildman–Crippen MR) is 76.3 cm³/mol. The van der Waals surface area contributed by atoms with Crippen LogP contribution < -0.4 is 11.2 Å². The highest BCUT2D eigenvalue weighted by molar-refractivity contribution is 5.75. The van der Waals surface area contributed by atoms with Gasteiger partial charge in [-0.15, -0.1) is 0 Å². The largest absolute Gasteiger partial charge is 0.329 e. The normalized spacial score (nSPS) is 13.4. The van der Waals surface area contributed by atoms with Gasteiger partial charge in [-0.2, -0.15) is 4.98 Å². The van der Waals surface area contributed by atoms with Gasteiger partial charge in [-0.25, -0.2) is 4.79 Å². The Hall–Kier alpha value is -2.31. The highest BCUT2D eigenvalue weighted by Gasteiger charge is 2.18. The van der Waals surface area contributed by atoms with E-state index in [1.54, 1.807) is 11.4 Å². The van der Waals surface area contributed by atoms with Crippen molar-refractivity contribution < 1.29 is 0 Å². The first-order chi connectivity index (χ1) is 9.45. The number of imidazole rings is 2. The average Bonchev–Trinajstić information content (AvgIpc) is 2.90. The van der Waals surface area contributed by atoms with Gasteiger partial charge in [0.15, 0.2) is 11.2 Å². The lowest BCUT2D eigenvalue weighted by Gasteiger charge is -2.12. The van der Waals surface area contributed by atoms with Gasteiger partial charge in [-0.05, 0) is 20.3 Å². The number of H-pyrrole nitrogens is 1. The van der Waals surface area contributed by atoms with Gasteiger partial charge in [0.05, 0.1) is 0 Å². The van der Waals surface area contributed by atoms with E-state index in [9.17, 15) is 9.59 Å². The molecule has 0 aliphatic carbocycles. The van der Waals surface area contributed by atoms with Gasteiger partial charge in [-0.1, -0.05) is 6.92 Å². The molecule has 0 aliphatic heterocycles. The summed E-state index contributed by atoms with van der Waals surface area (Å²) in [6.45, 7) is 6.20. The summed E-state index contributed by atoms with van der Waals surface area (Å²) in [4.78, 5) is 30.5. The smallest absolute Gasteiger partial charge is 0.311 e. The summed E-state index contributed by atoms with van der Waals surface area (Å²) in [5.41, 5.74) is 1.00. The van der Waals surface area contributed by atoms with Crippen LogP contribution in [-0.2, 0) is 7.05 Å². The summed E-state index contributed by atoms with van der Waals surface area (Å²) in [6.07, 6.45) is 2.85. The van der Waals surface area contributed by atoms with Crippen LogP contribution in [0.2, 0.25) is 0 Å². The fourth-order valence-electron chi connectivity index (χ4n) is 2.62. The number of hydrogen-bond acceptors (Lipinski definition) is 3. The molecule has 0 radical (unpaired) electrons. The van der Waals surface area contributed by atoms with Crippen molar-refractivity contribution in [2.24, 2.45) is 7.05 Å². The minimum Gasteiger partial charge on any atom is -0.311 e. The Labute approximate surface area is 114 Å². The SMILES string of the molecule is CCC(C)n1c(C)cn2c3c(=O)[nH]c(=O)n(C)c3nc12. The summed E-state index contributed by atoms with van der Waals surface area (Å²) >= 11 is 0. The summed E-state index contributed by atoms with van der Waals surface area (Å²) in [5, 5.41) is 0. The molecule has 0 fully saturated rings. The molecular formula is C13H17N5O2. The van der Waals surface area contributed by atoms with Crippen molar-refractivity contribution in [3.05, 3.63) is 32.7 Å². The number of fused-ring (bicyclic) bond motifs is 3. The van der Waals surface area contributed by atoms with Gasteiger partial charge in [-0.3, -0.25) is 18.7 Å². The number of nitrogens with zero attached hydrogens (tertiary/aromatic N) is 4. The van der Waals surface area contributed by atoms with Crippen LogP contribution in [0.3, 0.4) is 0 Å². The molecular weight excluding hydrogens is 258 g/mol. The van der Waals surface area contributed by atoms with Crippen LogP contribution in [0.5, 0.6) is 0 Å². The van der Waals surface area contributed by atoms with E-state index in [-0.39, 0.29) is 6.04 Å². The quantitative estimate of drug-likeness (QED) is 0.756. The summed E-state index contributed by atoms with van der Waals surface area (Å²) in [6, 6.07) is 0.278. The Kier molecular flexibility index (Phi) is 2.60. The molecule has 0 amide bonds. The van der Waals surface area contributed by atoms with Crippen molar-refractivity contribution in [3.63, 3.8) is 0 Å². The number of rotatable bonds is 2. The van der Waals surface area contributed by atoms with Crippen LogP contribution in [0.1, 0.15) is 32.0 Å². The number of hydrogen-bond donors (Lipinski definition) is 1. The van der Waals surface area contributed by atoms with E-state index in [1.807, 2.05) is 13.1 Å². The standard InChI is InChI=1S/C13H17N5O2/c1-5-7(2)18-8(3)6-17-9-10(14-12(17)18)16(4)13(20)15-11(9)19/h6-7H,5H2,1-4H3,(H,15,19,20). The van der Waals surface area contributed by atoms with Crippen LogP contribution in [0, 0.1) is 6.92 Å². The Morgan fingerprint density at radius 2 is 2.10 bits per heavy atom. The van der Waals surface area contributed by atoms with Crippen molar-refractivity contribution in [3.8, 4) is 0 Å². The third-order valence-corrected chi connectivity index (χ3v) is 3.87. The summed E-state index contributed by atoms with van der Waals surface area (Å²) < 4.78 is 5.21.